The number of carboxylic acids is 1. The zero-order chi connectivity index (χ0) is 29.1. The van der Waals surface area contributed by atoms with Crippen molar-refractivity contribution in [3.05, 3.63) is 77.6 Å². The topological polar surface area (TPSA) is 101 Å². The summed E-state index contributed by atoms with van der Waals surface area (Å²) >= 11 is 0. The van der Waals surface area contributed by atoms with Crippen LogP contribution in [0.5, 0.6) is 17.2 Å². The van der Waals surface area contributed by atoms with Gasteiger partial charge in [0.05, 0.1) is 31.0 Å². The Labute approximate surface area is 246 Å². The van der Waals surface area contributed by atoms with E-state index in [2.05, 4.69) is 22.9 Å². The largest absolute Gasteiger partial charge is 0.493 e. The maximum atomic E-state index is 13.9. The zero-order valence-corrected chi connectivity index (χ0v) is 23.9. The van der Waals surface area contributed by atoms with E-state index in [0.717, 1.165) is 53.1 Å². The summed E-state index contributed by atoms with van der Waals surface area (Å²) in [6.07, 6.45) is 7.22. The fraction of sp³-hybridized carbons (Fsp3) is 0.424. The fourth-order valence-corrected chi connectivity index (χ4v) is 6.60. The lowest BCUT2D eigenvalue weighted by molar-refractivity contribution is -0.143. The molecule has 3 aliphatic rings. The van der Waals surface area contributed by atoms with Gasteiger partial charge in [-0.3, -0.25) is 19.5 Å². The van der Waals surface area contributed by atoms with Crippen LogP contribution >= 0.6 is 0 Å². The minimum Gasteiger partial charge on any atom is -0.493 e. The quantitative estimate of drug-likeness (QED) is 0.354. The van der Waals surface area contributed by atoms with Crippen LogP contribution in [0.2, 0.25) is 0 Å². The molecule has 0 saturated carbocycles. The normalized spacial score (nSPS) is 20.7. The number of anilines is 1. The van der Waals surface area contributed by atoms with Gasteiger partial charge < -0.3 is 24.2 Å². The molecule has 1 aromatic heterocycles. The summed E-state index contributed by atoms with van der Waals surface area (Å²) in [5.41, 5.74) is 3.84. The molecule has 1 unspecified atom stereocenters. The van der Waals surface area contributed by atoms with Crippen LogP contribution in [-0.2, 0) is 22.4 Å². The summed E-state index contributed by atoms with van der Waals surface area (Å²) in [5, 5.41) is 10.6. The van der Waals surface area contributed by atoms with E-state index in [9.17, 15) is 14.7 Å². The maximum absolute atomic E-state index is 13.9. The van der Waals surface area contributed by atoms with Gasteiger partial charge in [-0.25, -0.2) is 0 Å². The molecular formula is C33H37N3O6. The highest BCUT2D eigenvalue weighted by molar-refractivity contribution is 5.94. The molecule has 0 aliphatic carbocycles. The van der Waals surface area contributed by atoms with E-state index in [-0.39, 0.29) is 31.2 Å². The Balaban J connectivity index is 1.30. The second-order valence-corrected chi connectivity index (χ2v) is 11.2. The molecule has 4 heterocycles. The van der Waals surface area contributed by atoms with Crippen molar-refractivity contribution in [2.24, 2.45) is 5.92 Å². The lowest BCUT2D eigenvalue weighted by atomic mass is 9.83. The second-order valence-electron chi connectivity index (χ2n) is 11.2. The Morgan fingerprint density at radius 2 is 2.00 bits per heavy atom. The van der Waals surface area contributed by atoms with Crippen LogP contribution in [0.1, 0.15) is 48.8 Å². The van der Waals surface area contributed by atoms with Crippen LogP contribution in [0.3, 0.4) is 0 Å². The zero-order valence-electron chi connectivity index (χ0n) is 23.9. The van der Waals surface area contributed by atoms with Crippen molar-refractivity contribution in [2.45, 2.75) is 51.0 Å². The average Bonchev–Trinajstić information content (AvgIpc) is 3.75. The summed E-state index contributed by atoms with van der Waals surface area (Å²) in [4.78, 5) is 35.0. The van der Waals surface area contributed by atoms with E-state index in [1.165, 1.54) is 0 Å². The van der Waals surface area contributed by atoms with Gasteiger partial charge in [-0.15, -0.1) is 0 Å². The van der Waals surface area contributed by atoms with Crippen molar-refractivity contribution in [1.82, 2.24) is 9.88 Å². The predicted octanol–water partition coefficient (Wildman–Crippen LogP) is 4.68. The van der Waals surface area contributed by atoms with Gasteiger partial charge in [-0.05, 0) is 60.2 Å². The molecule has 1 amide bonds. The number of aliphatic carboxylic acids is 1. The minimum absolute atomic E-state index is 0.0501. The Morgan fingerprint density at radius 1 is 1.10 bits per heavy atom. The molecule has 0 radical (unpaired) electrons. The molecule has 9 nitrogen and oxygen atoms in total. The number of carbonyl (C=O) groups excluding carboxylic acids is 1. The molecule has 0 spiro atoms. The van der Waals surface area contributed by atoms with Crippen molar-refractivity contribution < 1.29 is 28.9 Å². The van der Waals surface area contributed by atoms with E-state index < -0.39 is 11.9 Å². The van der Waals surface area contributed by atoms with Gasteiger partial charge >= 0.3 is 5.97 Å². The second kappa shape index (κ2) is 12.4. The van der Waals surface area contributed by atoms with Crippen molar-refractivity contribution in [3.8, 4) is 17.2 Å². The Bertz CT molecular complexity index is 1430. The molecule has 0 bridgehead atoms. The van der Waals surface area contributed by atoms with Crippen molar-refractivity contribution in [2.75, 3.05) is 37.9 Å². The van der Waals surface area contributed by atoms with Crippen molar-refractivity contribution >= 4 is 17.6 Å². The number of carboxylic acid groups (broad SMARTS) is 1. The molecule has 42 heavy (non-hydrogen) atoms. The predicted molar refractivity (Wildman–Crippen MR) is 157 cm³/mol. The molecule has 3 aliphatic heterocycles. The number of rotatable bonds is 11. The monoisotopic (exact) mass is 571 g/mol. The third kappa shape index (κ3) is 5.66. The number of fused-ring (bicyclic) bond motifs is 2. The first kappa shape index (κ1) is 28.0. The third-order valence-electron chi connectivity index (χ3n) is 8.69. The Hall–Kier alpha value is -4.11. The van der Waals surface area contributed by atoms with E-state index in [1.807, 2.05) is 42.5 Å². The number of hydrogen-bond acceptors (Lipinski definition) is 7. The number of aryl methyl sites for hydroxylation is 1. The summed E-state index contributed by atoms with van der Waals surface area (Å²) in [6, 6.07) is 15.2. The number of aromatic nitrogens is 1. The molecule has 6 rings (SSSR count). The molecule has 9 heteroatoms. The number of unbranched alkanes of at least 4 members (excludes halogenated alkanes) is 1. The summed E-state index contributed by atoms with van der Waals surface area (Å²) in [6.45, 7) is 4.12. The number of benzene rings is 2. The first-order valence-corrected chi connectivity index (χ1v) is 14.8. The standard InChI is InChI=1S/C33H37N3O6/c1-2-3-15-36(25-7-5-14-34-18-25)30(37)20-35-19-26(23-10-12-28-24(17-23)13-16-40-28)31(33(38)39)27(35)11-9-22-6-4-8-29-32(22)42-21-41-29/h4-8,10,12,14,17-18,26-27,31H,2-3,9,11,13,15-16,19-21H2,1H3,(H,38,39)/t26-,27+,31?/m1/s1. The average molecular weight is 572 g/mol. The molecule has 1 N–H and O–H groups in total. The van der Waals surface area contributed by atoms with Gasteiger partial charge in [0.25, 0.3) is 0 Å². The molecule has 1 saturated heterocycles. The highest BCUT2D eigenvalue weighted by atomic mass is 16.7. The lowest BCUT2D eigenvalue weighted by Crippen LogP contribution is -2.44. The molecule has 3 atom stereocenters. The summed E-state index contributed by atoms with van der Waals surface area (Å²) in [7, 11) is 0. The SMILES string of the molecule is CCCCN(C(=O)CN1C[C@H](c2ccc3c(c2)CCO3)C(C(=O)O)[C@@H]1CCc1cccc2c1OCO2)c1cccnc1. The van der Waals surface area contributed by atoms with Gasteiger partial charge in [-0.1, -0.05) is 37.6 Å². The number of ether oxygens (including phenoxy) is 3. The van der Waals surface area contributed by atoms with Crippen LogP contribution in [0.25, 0.3) is 0 Å². The maximum Gasteiger partial charge on any atom is 0.308 e. The van der Waals surface area contributed by atoms with E-state index in [0.29, 0.717) is 38.3 Å². The number of carbonyl (C=O) groups is 2. The van der Waals surface area contributed by atoms with Gasteiger partial charge in [0.1, 0.15) is 5.75 Å². The first-order valence-electron chi connectivity index (χ1n) is 14.8. The number of hydrogen-bond donors (Lipinski definition) is 1. The summed E-state index contributed by atoms with van der Waals surface area (Å²) in [5.74, 6) is 0.486. The molecule has 1 fully saturated rings. The van der Waals surface area contributed by atoms with Crippen LogP contribution in [0.4, 0.5) is 5.69 Å². The molecule has 3 aromatic rings. The number of para-hydroxylation sites is 1. The van der Waals surface area contributed by atoms with Crippen LogP contribution in [0, 0.1) is 5.92 Å². The van der Waals surface area contributed by atoms with E-state index in [1.54, 1.807) is 17.3 Å². The molecule has 220 valence electrons. The van der Waals surface area contributed by atoms with Crippen molar-refractivity contribution in [1.29, 1.82) is 0 Å². The van der Waals surface area contributed by atoms with Crippen LogP contribution in [0.15, 0.2) is 60.9 Å². The van der Waals surface area contributed by atoms with Crippen LogP contribution < -0.4 is 19.1 Å². The van der Waals surface area contributed by atoms with Gasteiger partial charge in [0.15, 0.2) is 11.5 Å². The highest BCUT2D eigenvalue weighted by Gasteiger charge is 2.47. The first-order chi connectivity index (χ1) is 20.5. The Kier molecular flexibility index (Phi) is 8.28. The molecular weight excluding hydrogens is 534 g/mol. The van der Waals surface area contributed by atoms with Gasteiger partial charge in [-0.2, -0.15) is 0 Å². The third-order valence-corrected chi connectivity index (χ3v) is 8.69. The van der Waals surface area contributed by atoms with Gasteiger partial charge in [0.2, 0.25) is 12.7 Å². The number of nitrogens with zero attached hydrogens (tertiary/aromatic N) is 3. The highest BCUT2D eigenvalue weighted by Crippen LogP contribution is 2.43. The fourth-order valence-electron chi connectivity index (χ4n) is 6.60. The number of pyridine rings is 1. The van der Waals surface area contributed by atoms with E-state index in [4.69, 9.17) is 14.2 Å². The smallest absolute Gasteiger partial charge is 0.308 e. The van der Waals surface area contributed by atoms with Gasteiger partial charge in [0, 0.05) is 37.7 Å². The molecule has 2 aromatic carbocycles. The van der Waals surface area contributed by atoms with E-state index >= 15 is 0 Å². The number of likely N-dealkylation sites (tertiary alicyclic amines) is 1. The lowest BCUT2D eigenvalue weighted by Gasteiger charge is -2.29. The van der Waals surface area contributed by atoms with Crippen molar-refractivity contribution in [3.63, 3.8) is 0 Å². The Morgan fingerprint density at radius 3 is 2.81 bits per heavy atom. The summed E-state index contributed by atoms with van der Waals surface area (Å²) < 4.78 is 17.0. The minimum atomic E-state index is -0.843. The van der Waals surface area contributed by atoms with Crippen LogP contribution in [-0.4, -0.2) is 65.9 Å². The number of amides is 1.